The average molecular weight is 384 g/mol. The highest BCUT2D eigenvalue weighted by atomic mass is 79.9. The summed E-state index contributed by atoms with van der Waals surface area (Å²) in [5, 5.41) is 5.04. The molecule has 24 heavy (non-hydrogen) atoms. The van der Waals surface area contributed by atoms with Crippen LogP contribution in [-0.2, 0) is 4.79 Å². The van der Waals surface area contributed by atoms with Crippen molar-refractivity contribution >= 4 is 38.3 Å². The standard InChI is InChI=1S/C20H18BrNO2/c1-13-7-9-16(11-14(13)2)22-19(23)12-24-18-10-8-15-5-3-4-6-17(15)20(18)21/h3-11H,12H2,1-2H3,(H,22,23). The highest BCUT2D eigenvalue weighted by molar-refractivity contribution is 9.10. The number of nitrogens with one attached hydrogen (secondary N) is 1. The fraction of sp³-hybridized carbons (Fsp3) is 0.150. The number of carbonyl (C=O) groups excluding carboxylic acids is 1. The molecule has 0 radical (unpaired) electrons. The number of amides is 1. The minimum atomic E-state index is -0.182. The van der Waals surface area contributed by atoms with E-state index < -0.39 is 0 Å². The molecule has 0 atom stereocenters. The average Bonchev–Trinajstić information content (AvgIpc) is 2.58. The van der Waals surface area contributed by atoms with E-state index in [0.717, 1.165) is 26.5 Å². The fourth-order valence-electron chi connectivity index (χ4n) is 2.48. The molecular formula is C20H18BrNO2. The predicted octanol–water partition coefficient (Wildman–Crippen LogP) is 5.24. The molecule has 0 heterocycles. The summed E-state index contributed by atoms with van der Waals surface area (Å²) in [5.74, 6) is 0.474. The third kappa shape index (κ3) is 3.60. The van der Waals surface area contributed by atoms with Crippen molar-refractivity contribution in [1.29, 1.82) is 0 Å². The summed E-state index contributed by atoms with van der Waals surface area (Å²) in [6.45, 7) is 4.03. The van der Waals surface area contributed by atoms with Crippen LogP contribution in [0.2, 0.25) is 0 Å². The summed E-state index contributed by atoms with van der Waals surface area (Å²) in [6, 6.07) is 17.7. The molecule has 3 aromatic carbocycles. The van der Waals surface area contributed by atoms with Crippen molar-refractivity contribution in [3.05, 3.63) is 70.2 Å². The maximum absolute atomic E-state index is 12.1. The maximum atomic E-state index is 12.1. The van der Waals surface area contributed by atoms with Crippen molar-refractivity contribution in [2.45, 2.75) is 13.8 Å². The van der Waals surface area contributed by atoms with Crippen LogP contribution in [-0.4, -0.2) is 12.5 Å². The zero-order valence-electron chi connectivity index (χ0n) is 13.6. The summed E-state index contributed by atoms with van der Waals surface area (Å²) < 4.78 is 6.53. The highest BCUT2D eigenvalue weighted by Gasteiger charge is 2.09. The molecule has 0 aliphatic carbocycles. The number of hydrogen-bond acceptors (Lipinski definition) is 2. The van der Waals surface area contributed by atoms with Gasteiger partial charge in [-0.15, -0.1) is 0 Å². The lowest BCUT2D eigenvalue weighted by atomic mass is 10.1. The van der Waals surface area contributed by atoms with Gasteiger partial charge in [-0.3, -0.25) is 4.79 Å². The Balaban J connectivity index is 1.68. The topological polar surface area (TPSA) is 38.3 Å². The first-order chi connectivity index (χ1) is 11.5. The van der Waals surface area contributed by atoms with Gasteiger partial charge in [-0.25, -0.2) is 0 Å². The van der Waals surface area contributed by atoms with Crippen LogP contribution in [0.25, 0.3) is 10.8 Å². The van der Waals surface area contributed by atoms with E-state index >= 15 is 0 Å². The summed E-state index contributed by atoms with van der Waals surface area (Å²) in [7, 11) is 0. The monoisotopic (exact) mass is 383 g/mol. The Morgan fingerprint density at radius 1 is 1.04 bits per heavy atom. The van der Waals surface area contributed by atoms with Gasteiger partial charge in [0.1, 0.15) is 5.75 Å². The van der Waals surface area contributed by atoms with Crippen molar-refractivity contribution in [2.24, 2.45) is 0 Å². The first kappa shape index (κ1) is 16.5. The van der Waals surface area contributed by atoms with Crippen LogP contribution in [0.3, 0.4) is 0 Å². The molecule has 0 aromatic heterocycles. The van der Waals surface area contributed by atoms with E-state index in [1.54, 1.807) is 0 Å². The van der Waals surface area contributed by atoms with E-state index in [-0.39, 0.29) is 12.5 Å². The molecule has 1 N–H and O–H groups in total. The van der Waals surface area contributed by atoms with Crippen molar-refractivity contribution < 1.29 is 9.53 Å². The van der Waals surface area contributed by atoms with Crippen LogP contribution >= 0.6 is 15.9 Å². The first-order valence-corrected chi connectivity index (χ1v) is 8.51. The molecule has 0 fully saturated rings. The van der Waals surface area contributed by atoms with Gasteiger partial charge in [0.25, 0.3) is 5.91 Å². The second kappa shape index (κ2) is 7.05. The number of carbonyl (C=O) groups is 1. The van der Waals surface area contributed by atoms with Crippen molar-refractivity contribution in [3.8, 4) is 5.75 Å². The van der Waals surface area contributed by atoms with Gasteiger partial charge in [-0.1, -0.05) is 36.4 Å². The van der Waals surface area contributed by atoms with Gasteiger partial charge >= 0.3 is 0 Å². The molecule has 122 valence electrons. The molecule has 0 saturated heterocycles. The number of benzene rings is 3. The predicted molar refractivity (Wildman–Crippen MR) is 102 cm³/mol. The third-order valence-corrected chi connectivity index (χ3v) is 4.80. The van der Waals surface area contributed by atoms with Gasteiger partial charge in [0.15, 0.2) is 6.61 Å². The van der Waals surface area contributed by atoms with E-state index in [4.69, 9.17) is 4.74 Å². The Kier molecular flexibility index (Phi) is 4.86. The van der Waals surface area contributed by atoms with Crippen molar-refractivity contribution in [2.75, 3.05) is 11.9 Å². The molecule has 3 nitrogen and oxygen atoms in total. The summed E-state index contributed by atoms with van der Waals surface area (Å²) in [6.07, 6.45) is 0. The van der Waals surface area contributed by atoms with E-state index in [1.807, 2.05) is 68.4 Å². The van der Waals surface area contributed by atoms with Gasteiger partial charge in [0.2, 0.25) is 0 Å². The SMILES string of the molecule is Cc1ccc(NC(=O)COc2ccc3ccccc3c2Br)cc1C. The third-order valence-electron chi connectivity index (χ3n) is 3.98. The van der Waals surface area contributed by atoms with Crippen LogP contribution in [0.1, 0.15) is 11.1 Å². The van der Waals surface area contributed by atoms with E-state index in [2.05, 4.69) is 21.2 Å². The Labute approximate surface area is 149 Å². The Hall–Kier alpha value is -2.33. The molecule has 0 aliphatic heterocycles. The van der Waals surface area contributed by atoms with Crippen LogP contribution < -0.4 is 10.1 Å². The molecule has 1 amide bonds. The number of rotatable bonds is 4. The first-order valence-electron chi connectivity index (χ1n) is 7.72. The van der Waals surface area contributed by atoms with Crippen LogP contribution in [0.5, 0.6) is 5.75 Å². The molecule has 3 aromatic rings. The molecular weight excluding hydrogens is 366 g/mol. The number of halogens is 1. The van der Waals surface area contributed by atoms with Crippen molar-refractivity contribution in [1.82, 2.24) is 0 Å². The van der Waals surface area contributed by atoms with Gasteiger partial charge < -0.3 is 10.1 Å². The zero-order chi connectivity index (χ0) is 17.1. The molecule has 0 saturated carbocycles. The largest absolute Gasteiger partial charge is 0.483 e. The highest BCUT2D eigenvalue weighted by Crippen LogP contribution is 2.33. The quantitative estimate of drug-likeness (QED) is 0.668. The number of aryl methyl sites for hydroxylation is 2. The Bertz CT molecular complexity index is 905. The van der Waals surface area contributed by atoms with E-state index in [0.29, 0.717) is 5.75 Å². The minimum Gasteiger partial charge on any atom is -0.483 e. The smallest absolute Gasteiger partial charge is 0.262 e. The zero-order valence-corrected chi connectivity index (χ0v) is 15.2. The second-order valence-electron chi connectivity index (χ2n) is 5.73. The minimum absolute atomic E-state index is 0.0378. The van der Waals surface area contributed by atoms with E-state index in [9.17, 15) is 4.79 Å². The van der Waals surface area contributed by atoms with Gasteiger partial charge in [0, 0.05) is 5.69 Å². The lowest BCUT2D eigenvalue weighted by molar-refractivity contribution is -0.118. The summed E-state index contributed by atoms with van der Waals surface area (Å²) in [4.78, 5) is 12.1. The van der Waals surface area contributed by atoms with Gasteiger partial charge in [0.05, 0.1) is 4.47 Å². The Morgan fingerprint density at radius 2 is 1.83 bits per heavy atom. The number of fused-ring (bicyclic) bond motifs is 1. The Morgan fingerprint density at radius 3 is 2.62 bits per heavy atom. The molecule has 3 rings (SSSR count). The van der Waals surface area contributed by atoms with Gasteiger partial charge in [-0.05, 0) is 69.9 Å². The van der Waals surface area contributed by atoms with Gasteiger partial charge in [-0.2, -0.15) is 0 Å². The van der Waals surface area contributed by atoms with Crippen LogP contribution in [0.4, 0.5) is 5.69 Å². The molecule has 0 bridgehead atoms. The molecule has 4 heteroatoms. The van der Waals surface area contributed by atoms with Crippen molar-refractivity contribution in [3.63, 3.8) is 0 Å². The normalized spacial score (nSPS) is 10.6. The molecule has 0 unspecified atom stereocenters. The fourth-order valence-corrected chi connectivity index (χ4v) is 3.09. The summed E-state index contributed by atoms with van der Waals surface area (Å²) in [5.41, 5.74) is 3.12. The number of ether oxygens (including phenoxy) is 1. The number of anilines is 1. The maximum Gasteiger partial charge on any atom is 0.262 e. The van der Waals surface area contributed by atoms with E-state index in [1.165, 1.54) is 5.56 Å². The molecule has 0 aliphatic rings. The number of hydrogen-bond donors (Lipinski definition) is 1. The summed E-state index contributed by atoms with van der Waals surface area (Å²) >= 11 is 3.56. The van der Waals surface area contributed by atoms with Crippen LogP contribution in [0.15, 0.2) is 59.1 Å². The lowest BCUT2D eigenvalue weighted by Gasteiger charge is -2.11. The van der Waals surface area contributed by atoms with Crippen LogP contribution in [0, 0.1) is 13.8 Å². The lowest BCUT2D eigenvalue weighted by Crippen LogP contribution is -2.20. The molecule has 0 spiro atoms. The second-order valence-corrected chi connectivity index (χ2v) is 6.53.